The van der Waals surface area contributed by atoms with Gasteiger partial charge in [0, 0.05) is 30.7 Å². The molecule has 0 aromatic rings. The first-order chi connectivity index (χ1) is 21.1. The summed E-state index contributed by atoms with van der Waals surface area (Å²) < 4.78 is 41.1. The van der Waals surface area contributed by atoms with Crippen LogP contribution in [0.15, 0.2) is 0 Å². The quantitative estimate of drug-likeness (QED) is 0.0539. The van der Waals surface area contributed by atoms with Crippen LogP contribution in [0.4, 0.5) is 0 Å². The van der Waals surface area contributed by atoms with Crippen molar-refractivity contribution in [2.24, 2.45) is 0 Å². The normalized spacial score (nSPS) is 14.8. The Kier molecular flexibility index (Phi) is 36.4. The van der Waals surface area contributed by atoms with Gasteiger partial charge < -0.3 is 28.4 Å². The Hall–Kier alpha value is -0.450. The third kappa shape index (κ3) is 50.6. The summed E-state index contributed by atoms with van der Waals surface area (Å²) in [5.41, 5.74) is 0. The molecule has 1 heterocycles. The minimum atomic E-state index is -4.13. The van der Waals surface area contributed by atoms with Crippen molar-refractivity contribution in [1.29, 1.82) is 0 Å². The molecule has 268 valence electrons. The lowest BCUT2D eigenvalue weighted by Crippen LogP contribution is -2.37. The third-order valence-electron chi connectivity index (χ3n) is 5.78. The van der Waals surface area contributed by atoms with Gasteiger partial charge in [0.2, 0.25) is 0 Å². The highest BCUT2D eigenvalue weighted by molar-refractivity contribution is 7.81. The van der Waals surface area contributed by atoms with E-state index < -0.39 is 14.8 Å². The molecule has 1 atom stereocenters. The van der Waals surface area contributed by atoms with E-state index in [1.54, 1.807) is 0 Å². The average Bonchev–Trinajstić information content (AvgIpc) is 3.34. The maximum atomic E-state index is 11.5. The highest BCUT2D eigenvalue weighted by atomic mass is 35.7. The second-order valence-corrected chi connectivity index (χ2v) is 16.2. The van der Waals surface area contributed by atoms with Crippen LogP contribution in [0, 0.1) is 24.7 Å². The monoisotopic (exact) mass is 702 g/mol. The van der Waals surface area contributed by atoms with Crippen molar-refractivity contribution in [3.8, 4) is 24.7 Å². The lowest BCUT2D eigenvalue weighted by Gasteiger charge is -2.27. The van der Waals surface area contributed by atoms with Crippen LogP contribution in [-0.4, -0.2) is 96.4 Å². The first-order valence-electron chi connectivity index (χ1n) is 16.2. The number of phosphoric ester groups is 1. The topological polar surface area (TPSA) is 118 Å². The zero-order valence-electron chi connectivity index (χ0n) is 29.2. The number of hydrogen-bond acceptors (Lipinski definition) is 9. The largest absolute Gasteiger partial charge is 0.756 e. The fourth-order valence-corrected chi connectivity index (χ4v) is 5.21. The van der Waals surface area contributed by atoms with Gasteiger partial charge in [0.25, 0.3) is 7.82 Å². The molecule has 0 aliphatic carbocycles. The highest BCUT2D eigenvalue weighted by Gasteiger charge is 2.26. The SMILES string of the molecule is C#CCCCCCCCCCO.C#CCCCCCCCCCOP(=O)([O-])OCC[N+](C)(C)C.CN(C)C.O=P1(Cl)OCCO1. The van der Waals surface area contributed by atoms with E-state index >= 15 is 0 Å². The molecule has 1 rings (SSSR count). The van der Waals surface area contributed by atoms with E-state index in [1.165, 1.54) is 57.8 Å². The molecule has 1 aliphatic rings. The maximum absolute atomic E-state index is 11.5. The van der Waals surface area contributed by atoms with Crippen LogP contribution >= 0.6 is 26.0 Å². The number of aliphatic hydroxyl groups is 1. The molecule has 0 radical (unpaired) electrons. The molecule has 1 N–H and O–H groups in total. The molecule has 1 saturated heterocycles. The first kappa shape index (κ1) is 48.9. The van der Waals surface area contributed by atoms with Crippen LogP contribution in [0.1, 0.15) is 103 Å². The minimum absolute atomic E-state index is 0.155. The molecule has 0 bridgehead atoms. The van der Waals surface area contributed by atoms with Crippen molar-refractivity contribution in [3.63, 3.8) is 0 Å². The smallest absolute Gasteiger partial charge is 0.424 e. The van der Waals surface area contributed by atoms with Crippen LogP contribution in [0.5, 0.6) is 0 Å². The van der Waals surface area contributed by atoms with Gasteiger partial charge in [-0.05, 0) is 46.8 Å². The van der Waals surface area contributed by atoms with Gasteiger partial charge in [0.15, 0.2) is 0 Å². The Morgan fingerprint density at radius 3 is 1.49 bits per heavy atom. The van der Waals surface area contributed by atoms with Gasteiger partial charge in [0.05, 0.1) is 41.0 Å². The maximum Gasteiger partial charge on any atom is 0.424 e. The van der Waals surface area contributed by atoms with Crippen LogP contribution in [-0.2, 0) is 27.2 Å². The van der Waals surface area contributed by atoms with Crippen LogP contribution in [0.25, 0.3) is 0 Å². The van der Waals surface area contributed by atoms with Crippen molar-refractivity contribution < 1.29 is 41.7 Å². The number of unbranched alkanes of at least 4 members (excludes halogenated alkanes) is 14. The molecule has 0 aromatic carbocycles. The zero-order chi connectivity index (χ0) is 34.9. The molecule has 0 amide bonds. The third-order valence-corrected chi connectivity index (χ3v) is 8.35. The summed E-state index contributed by atoms with van der Waals surface area (Å²) in [6.45, 7) is -1.05. The number of quaternary nitrogens is 1. The lowest BCUT2D eigenvalue weighted by molar-refractivity contribution is -0.870. The summed E-state index contributed by atoms with van der Waals surface area (Å²) in [6.07, 6.45) is 28.0. The van der Waals surface area contributed by atoms with Gasteiger partial charge in [0.1, 0.15) is 13.2 Å². The molecule has 45 heavy (non-hydrogen) atoms. The van der Waals surface area contributed by atoms with E-state index in [0.29, 0.717) is 30.8 Å². The molecule has 0 aromatic heterocycles. The number of terminal acetylenes is 2. The Balaban J connectivity index is -0.000000632. The Morgan fingerprint density at radius 1 is 0.800 bits per heavy atom. The summed E-state index contributed by atoms with van der Waals surface area (Å²) in [6, 6.07) is 0. The predicted octanol–water partition coefficient (Wildman–Crippen LogP) is 7.24. The number of nitrogens with zero attached hydrogens (tertiary/aromatic N) is 2. The number of likely N-dealkylation sites (N-methyl/N-ethyl adjacent to an activating group) is 1. The first-order valence-corrected chi connectivity index (χ1v) is 20.1. The van der Waals surface area contributed by atoms with Gasteiger partial charge in [-0.1, -0.05) is 64.2 Å². The van der Waals surface area contributed by atoms with Crippen LogP contribution in [0.2, 0.25) is 0 Å². The summed E-state index contributed by atoms with van der Waals surface area (Å²) in [4.78, 5) is 13.5. The highest BCUT2D eigenvalue weighted by Crippen LogP contribution is 2.56. The fourth-order valence-electron chi connectivity index (χ4n) is 3.41. The van der Waals surface area contributed by atoms with Gasteiger partial charge in [-0.3, -0.25) is 13.6 Å². The molecule has 0 spiro atoms. The molecule has 1 unspecified atom stereocenters. The number of halogens is 1. The van der Waals surface area contributed by atoms with Crippen molar-refractivity contribution in [1.82, 2.24) is 4.90 Å². The van der Waals surface area contributed by atoms with Crippen molar-refractivity contribution in [2.75, 3.05) is 81.9 Å². The lowest BCUT2D eigenvalue weighted by atomic mass is 10.1. The molecule has 13 heteroatoms. The van der Waals surface area contributed by atoms with E-state index in [-0.39, 0.29) is 13.2 Å². The number of hydrogen-bond donors (Lipinski definition) is 1. The second-order valence-electron chi connectivity index (χ2n) is 12.1. The Labute approximate surface area is 281 Å². The minimum Gasteiger partial charge on any atom is -0.756 e. The number of aliphatic hydroxyl groups excluding tert-OH is 1. The van der Waals surface area contributed by atoms with Gasteiger partial charge >= 0.3 is 6.95 Å². The van der Waals surface area contributed by atoms with E-state index in [4.69, 9.17) is 38.2 Å². The van der Waals surface area contributed by atoms with Crippen molar-refractivity contribution in [2.45, 2.75) is 103 Å². The van der Waals surface area contributed by atoms with E-state index in [2.05, 4.69) is 20.9 Å². The molecule has 1 fully saturated rings. The molecule has 0 saturated carbocycles. The van der Waals surface area contributed by atoms with Crippen molar-refractivity contribution in [3.05, 3.63) is 0 Å². The molecule has 1 aliphatic heterocycles. The predicted molar refractivity (Wildman–Crippen MR) is 186 cm³/mol. The standard InChI is InChI=1S/C16H32NO4P.C11H20O.C3H9N.C2H4ClO3P/c1-5-6-7-8-9-10-11-12-13-15-20-22(18,19)21-16-14-17(2,3)4;1-2-3-4-5-6-7-8-9-10-11-12;1-4(2)3;3-7(4)5-1-2-6-7/h1H,6-16H2,2-4H3;1,12H,3-11H2;1-3H3;1-2H2. The van der Waals surface area contributed by atoms with Crippen molar-refractivity contribution >= 4 is 26.0 Å². The molecular weight excluding hydrogens is 638 g/mol. The van der Waals surface area contributed by atoms with E-state index in [9.17, 15) is 14.0 Å². The van der Waals surface area contributed by atoms with Crippen LogP contribution in [0.3, 0.4) is 0 Å². The Bertz CT molecular complexity index is 817. The van der Waals surface area contributed by atoms with Gasteiger partial charge in [-0.2, -0.15) is 0 Å². The summed E-state index contributed by atoms with van der Waals surface area (Å²) in [7, 11) is 7.80. The summed E-state index contributed by atoms with van der Waals surface area (Å²) in [5, 5.41) is 8.52. The summed E-state index contributed by atoms with van der Waals surface area (Å²) >= 11 is 5.08. The van der Waals surface area contributed by atoms with E-state index in [0.717, 1.165) is 44.9 Å². The number of phosphoric acid groups is 1. The average molecular weight is 703 g/mol. The van der Waals surface area contributed by atoms with Gasteiger partial charge in [-0.25, -0.2) is 4.57 Å². The summed E-state index contributed by atoms with van der Waals surface area (Å²) in [5.74, 6) is 5.28. The van der Waals surface area contributed by atoms with Crippen LogP contribution < -0.4 is 4.89 Å². The van der Waals surface area contributed by atoms with Gasteiger partial charge in [-0.15, -0.1) is 24.7 Å². The second kappa shape index (κ2) is 33.5. The number of rotatable bonds is 22. The fraction of sp³-hybridized carbons (Fsp3) is 0.875. The van der Waals surface area contributed by atoms with E-state index in [1.807, 2.05) is 47.2 Å². The Morgan fingerprint density at radius 2 is 1.16 bits per heavy atom. The zero-order valence-corrected chi connectivity index (χ0v) is 31.7. The molecule has 10 nitrogen and oxygen atoms in total. The molecular formula is C32H65ClN2O8P2.